The SMILES string of the molecule is COc1ccc(C(=O)Nc2cnc3c(c(C4C5CCC4CN(C(=O)C(C)C)C5)cn3C)c2C(F)(F)F)cc1C#N. The molecule has 8 nitrogen and oxygen atoms in total. The maximum absolute atomic E-state index is 14.8. The van der Waals surface area contributed by atoms with Gasteiger partial charge in [0.25, 0.3) is 5.91 Å². The smallest absolute Gasteiger partial charge is 0.419 e. The van der Waals surface area contributed by atoms with Crippen LogP contribution >= 0.6 is 0 Å². The Morgan fingerprint density at radius 2 is 1.88 bits per heavy atom. The Bertz CT molecular complexity index is 1520. The molecule has 11 heteroatoms. The maximum atomic E-state index is 14.8. The highest BCUT2D eigenvalue weighted by Gasteiger charge is 2.47. The highest BCUT2D eigenvalue weighted by Crippen LogP contribution is 2.52. The molecule has 210 valence electrons. The number of carbonyl (C=O) groups is 2. The van der Waals surface area contributed by atoms with E-state index >= 15 is 0 Å². The fourth-order valence-electron chi connectivity index (χ4n) is 6.42. The van der Waals surface area contributed by atoms with Crippen molar-refractivity contribution < 1.29 is 27.5 Å². The number of likely N-dealkylation sites (tertiary alicyclic amines) is 1. The van der Waals surface area contributed by atoms with Gasteiger partial charge in [0.2, 0.25) is 5.91 Å². The number of pyridine rings is 1. The molecule has 2 aromatic heterocycles. The number of ether oxygens (including phenoxy) is 1. The Labute approximate surface area is 229 Å². The zero-order chi connectivity index (χ0) is 28.9. The summed E-state index contributed by atoms with van der Waals surface area (Å²) in [5.41, 5.74) is -0.575. The van der Waals surface area contributed by atoms with Gasteiger partial charge in [-0.3, -0.25) is 9.59 Å². The number of halogens is 3. The highest BCUT2D eigenvalue weighted by atomic mass is 19.4. The predicted octanol–water partition coefficient (Wildman–Crippen LogP) is 5.33. The second-order valence-corrected chi connectivity index (χ2v) is 10.9. The van der Waals surface area contributed by atoms with Crippen molar-refractivity contribution in [2.45, 2.75) is 38.8 Å². The minimum Gasteiger partial charge on any atom is -0.495 e. The predicted molar refractivity (Wildman–Crippen MR) is 142 cm³/mol. The van der Waals surface area contributed by atoms with E-state index in [0.717, 1.165) is 19.0 Å². The second kappa shape index (κ2) is 10.2. The van der Waals surface area contributed by atoms with Crippen LogP contribution in [0, 0.1) is 29.1 Å². The van der Waals surface area contributed by atoms with Gasteiger partial charge >= 0.3 is 6.18 Å². The molecule has 0 spiro atoms. The Morgan fingerprint density at radius 1 is 1.20 bits per heavy atom. The lowest BCUT2D eigenvalue weighted by molar-refractivity contribution is -0.137. The Hall–Kier alpha value is -4.07. The number of hydrogen-bond donors (Lipinski definition) is 1. The molecule has 2 atom stereocenters. The van der Waals surface area contributed by atoms with Crippen LogP contribution in [0.2, 0.25) is 0 Å². The van der Waals surface area contributed by atoms with Crippen molar-refractivity contribution in [2.75, 3.05) is 25.5 Å². The van der Waals surface area contributed by atoms with Gasteiger partial charge in [0.15, 0.2) is 0 Å². The van der Waals surface area contributed by atoms with Crippen molar-refractivity contribution in [1.29, 1.82) is 5.26 Å². The van der Waals surface area contributed by atoms with Crippen LogP contribution in [0.15, 0.2) is 30.6 Å². The standard InChI is InChI=1S/C29H30F3N5O3/c1-15(2)28(39)37-12-17-5-6-18(13-37)23(17)20-14-36(3)26-24(20)25(29(30,31)32)21(11-34-26)35-27(38)16-7-8-22(40-4)19(9-16)10-33/h7-9,11,14-15,17-18,23H,5-6,12-13H2,1-4H3,(H,35,38). The molecule has 2 amide bonds. The van der Waals surface area contributed by atoms with Crippen LogP contribution in [0.25, 0.3) is 11.0 Å². The van der Waals surface area contributed by atoms with Gasteiger partial charge in [0, 0.05) is 43.2 Å². The molecule has 5 rings (SSSR count). The molecule has 3 aromatic rings. The summed E-state index contributed by atoms with van der Waals surface area (Å²) in [6.45, 7) is 4.73. The molecular weight excluding hydrogens is 523 g/mol. The first kappa shape index (κ1) is 27.5. The number of piperidine rings is 1. The fourth-order valence-corrected chi connectivity index (χ4v) is 6.42. The average Bonchev–Trinajstić information content (AvgIpc) is 3.37. The van der Waals surface area contributed by atoms with Gasteiger partial charge in [0.1, 0.15) is 17.5 Å². The Morgan fingerprint density at radius 3 is 2.45 bits per heavy atom. The lowest BCUT2D eigenvalue weighted by Crippen LogP contribution is -2.45. The number of nitrogens with one attached hydrogen (secondary N) is 1. The number of hydrogen-bond acceptors (Lipinski definition) is 5. The van der Waals surface area contributed by atoms with Crippen molar-refractivity contribution in [3.05, 3.63) is 52.8 Å². The minimum atomic E-state index is -4.79. The summed E-state index contributed by atoms with van der Waals surface area (Å²) in [4.78, 5) is 31.9. The van der Waals surface area contributed by atoms with E-state index < -0.39 is 23.3 Å². The number of fused-ring (bicyclic) bond motifs is 3. The van der Waals surface area contributed by atoms with Crippen LogP contribution in [0.5, 0.6) is 5.75 Å². The van der Waals surface area contributed by atoms with E-state index in [2.05, 4.69) is 10.3 Å². The number of nitriles is 1. The maximum Gasteiger partial charge on any atom is 0.419 e. The van der Waals surface area contributed by atoms with Crippen molar-refractivity contribution in [1.82, 2.24) is 14.5 Å². The zero-order valence-corrected chi connectivity index (χ0v) is 22.7. The Kier molecular flexibility index (Phi) is 6.98. The lowest BCUT2D eigenvalue weighted by Gasteiger charge is -2.39. The number of rotatable bonds is 5. The van der Waals surface area contributed by atoms with Crippen LogP contribution in [0.1, 0.15) is 59.7 Å². The number of anilines is 1. The van der Waals surface area contributed by atoms with E-state index in [4.69, 9.17) is 4.74 Å². The summed E-state index contributed by atoms with van der Waals surface area (Å²) in [6, 6.07) is 5.99. The van der Waals surface area contributed by atoms with E-state index in [1.54, 1.807) is 17.8 Å². The van der Waals surface area contributed by atoms with E-state index in [1.165, 1.54) is 25.3 Å². The summed E-state index contributed by atoms with van der Waals surface area (Å²) >= 11 is 0. The van der Waals surface area contributed by atoms with Crippen LogP contribution in [0.4, 0.5) is 18.9 Å². The van der Waals surface area contributed by atoms with Crippen LogP contribution in [-0.4, -0.2) is 46.5 Å². The summed E-state index contributed by atoms with van der Waals surface area (Å²) < 4.78 is 51.0. The molecule has 1 aliphatic heterocycles. The third-order valence-corrected chi connectivity index (χ3v) is 8.13. The quantitative estimate of drug-likeness (QED) is 0.460. The molecule has 2 aliphatic rings. The molecular formula is C29H30F3N5O3. The van der Waals surface area contributed by atoms with E-state index in [0.29, 0.717) is 18.7 Å². The first-order chi connectivity index (χ1) is 18.9. The highest BCUT2D eigenvalue weighted by molar-refractivity contribution is 6.06. The number of benzene rings is 1. The average molecular weight is 554 g/mol. The van der Waals surface area contributed by atoms with E-state index in [-0.39, 0.29) is 57.5 Å². The minimum absolute atomic E-state index is 0.0130. The van der Waals surface area contributed by atoms with Crippen LogP contribution in [0.3, 0.4) is 0 Å². The van der Waals surface area contributed by atoms with E-state index in [9.17, 15) is 28.0 Å². The second-order valence-electron chi connectivity index (χ2n) is 10.9. The van der Waals surface area contributed by atoms with Gasteiger partial charge in [-0.1, -0.05) is 13.8 Å². The molecule has 1 N–H and O–H groups in total. The molecule has 2 fully saturated rings. The molecule has 3 heterocycles. The third-order valence-electron chi connectivity index (χ3n) is 8.13. The van der Waals surface area contributed by atoms with Crippen molar-refractivity contribution in [3.63, 3.8) is 0 Å². The van der Waals surface area contributed by atoms with Gasteiger partial charge in [0.05, 0.1) is 30.1 Å². The fraction of sp³-hybridized carbons (Fsp3) is 0.448. The number of nitrogens with zero attached hydrogens (tertiary/aromatic N) is 4. The lowest BCUT2D eigenvalue weighted by atomic mass is 9.79. The van der Waals surface area contributed by atoms with Gasteiger partial charge in [-0.25, -0.2) is 4.98 Å². The molecule has 1 aliphatic carbocycles. The molecule has 2 bridgehead atoms. The van der Waals surface area contributed by atoms with Crippen molar-refractivity contribution in [3.8, 4) is 11.8 Å². The normalized spacial score (nSPS) is 20.6. The van der Waals surface area contributed by atoms with E-state index in [1.807, 2.05) is 24.8 Å². The third kappa shape index (κ3) is 4.65. The van der Waals surface area contributed by atoms with Crippen molar-refractivity contribution >= 4 is 28.5 Å². The molecule has 1 aromatic carbocycles. The molecule has 2 unspecified atom stereocenters. The van der Waals surface area contributed by atoms with Gasteiger partial charge in [-0.2, -0.15) is 18.4 Å². The van der Waals surface area contributed by atoms with Crippen LogP contribution < -0.4 is 10.1 Å². The van der Waals surface area contributed by atoms with Gasteiger partial charge < -0.3 is 19.5 Å². The number of carbonyl (C=O) groups excluding carboxylic acids is 2. The molecule has 1 saturated carbocycles. The van der Waals surface area contributed by atoms with Crippen LogP contribution in [-0.2, 0) is 18.0 Å². The first-order valence-corrected chi connectivity index (χ1v) is 13.2. The van der Waals surface area contributed by atoms with Gasteiger partial charge in [-0.05, 0) is 54.4 Å². The number of alkyl halides is 3. The number of methoxy groups -OCH3 is 1. The zero-order valence-electron chi connectivity index (χ0n) is 22.7. The summed E-state index contributed by atoms with van der Waals surface area (Å²) in [5, 5.41) is 11.7. The Balaban J connectivity index is 1.57. The summed E-state index contributed by atoms with van der Waals surface area (Å²) in [7, 11) is 3.04. The first-order valence-electron chi connectivity index (χ1n) is 13.2. The van der Waals surface area contributed by atoms with Gasteiger partial charge in [-0.15, -0.1) is 0 Å². The largest absolute Gasteiger partial charge is 0.495 e. The molecule has 40 heavy (non-hydrogen) atoms. The van der Waals surface area contributed by atoms with Crippen molar-refractivity contribution in [2.24, 2.45) is 24.8 Å². The number of amides is 2. The summed E-state index contributed by atoms with van der Waals surface area (Å²) in [6.07, 6.45) is -0.378. The number of aryl methyl sites for hydroxylation is 1. The molecule has 1 saturated heterocycles. The monoisotopic (exact) mass is 553 g/mol. The number of aromatic nitrogens is 2. The molecule has 0 radical (unpaired) electrons. The topological polar surface area (TPSA) is 100 Å². The summed E-state index contributed by atoms with van der Waals surface area (Å²) in [5.74, 6) is -0.713.